The summed E-state index contributed by atoms with van der Waals surface area (Å²) in [5, 5.41) is 0. The molecule has 0 heterocycles. The van der Waals surface area contributed by atoms with Crippen LogP contribution < -0.4 is 0 Å². The van der Waals surface area contributed by atoms with Gasteiger partial charge in [0.15, 0.2) is 0 Å². The van der Waals surface area contributed by atoms with Gasteiger partial charge in [-0.1, -0.05) is 34.1 Å². The van der Waals surface area contributed by atoms with Gasteiger partial charge in [0.05, 0.1) is 0 Å². The van der Waals surface area contributed by atoms with Crippen LogP contribution in [0.5, 0.6) is 0 Å². The smallest absolute Gasteiger partial charge is 0.207 e. The van der Waals surface area contributed by atoms with E-state index in [9.17, 15) is 8.78 Å². The first-order valence-electron chi connectivity index (χ1n) is 4.81. The fraction of sp³-hybridized carbons (Fsp3) is 1.00. The highest BCUT2D eigenvalue weighted by Gasteiger charge is 2.35. The summed E-state index contributed by atoms with van der Waals surface area (Å²) in [6.45, 7) is 7.28. The number of hydrogen-bond donors (Lipinski definition) is 0. The molecule has 0 spiro atoms. The minimum atomic E-state index is -2.47. The van der Waals surface area contributed by atoms with E-state index >= 15 is 0 Å². The predicted octanol–water partition coefficient (Wildman–Crippen LogP) is 4.10. The third kappa shape index (κ3) is 3.51. The normalized spacial score (nSPS) is 17.5. The van der Waals surface area contributed by atoms with Crippen molar-refractivity contribution in [3.05, 3.63) is 0 Å². The molecule has 0 bridgehead atoms. The quantitative estimate of drug-likeness (QED) is 0.594. The van der Waals surface area contributed by atoms with E-state index in [0.717, 1.165) is 6.42 Å². The maximum Gasteiger partial charge on any atom is 0.250 e. The fourth-order valence-corrected chi connectivity index (χ4v) is 1.11. The Kier molecular flexibility index (Phi) is 4.73. The molecule has 0 rings (SSSR count). The van der Waals surface area contributed by atoms with Crippen LogP contribution in [-0.4, -0.2) is 5.92 Å². The second-order valence-electron chi connectivity index (χ2n) is 3.79. The molecule has 0 aliphatic heterocycles. The van der Waals surface area contributed by atoms with Crippen molar-refractivity contribution >= 4 is 0 Å². The van der Waals surface area contributed by atoms with Gasteiger partial charge in [-0.25, -0.2) is 8.78 Å². The summed E-state index contributed by atoms with van der Waals surface area (Å²) < 4.78 is 26.5. The standard InChI is InChI=1S/C10H20F2/c1-5-8(3)7-10(11,12)9(4)6-2/h8-9H,5-7H2,1-4H3. The molecular weight excluding hydrogens is 158 g/mol. The molecule has 12 heavy (non-hydrogen) atoms. The predicted molar refractivity (Wildman–Crippen MR) is 48.5 cm³/mol. The van der Waals surface area contributed by atoms with Crippen LogP contribution in [0, 0.1) is 11.8 Å². The second-order valence-corrected chi connectivity index (χ2v) is 3.79. The zero-order chi connectivity index (χ0) is 9.78. The molecule has 2 unspecified atom stereocenters. The molecule has 0 radical (unpaired) electrons. The van der Waals surface area contributed by atoms with Crippen molar-refractivity contribution in [2.75, 3.05) is 0 Å². The molecule has 0 aliphatic rings. The fourth-order valence-electron chi connectivity index (χ4n) is 1.11. The Morgan fingerprint density at radius 3 is 1.92 bits per heavy atom. The highest BCUT2D eigenvalue weighted by Crippen LogP contribution is 2.33. The summed E-state index contributed by atoms with van der Waals surface area (Å²) in [7, 11) is 0. The highest BCUT2D eigenvalue weighted by molar-refractivity contribution is 4.74. The lowest BCUT2D eigenvalue weighted by Gasteiger charge is -2.25. The van der Waals surface area contributed by atoms with E-state index in [2.05, 4.69) is 0 Å². The van der Waals surface area contributed by atoms with Crippen LogP contribution in [0.3, 0.4) is 0 Å². The summed E-state index contributed by atoms with van der Waals surface area (Å²) in [4.78, 5) is 0. The molecule has 0 saturated carbocycles. The van der Waals surface area contributed by atoms with Gasteiger partial charge in [-0.3, -0.25) is 0 Å². The zero-order valence-electron chi connectivity index (χ0n) is 8.53. The molecule has 0 N–H and O–H groups in total. The number of alkyl halides is 2. The van der Waals surface area contributed by atoms with Crippen LogP contribution in [0.4, 0.5) is 8.78 Å². The van der Waals surface area contributed by atoms with E-state index in [-0.39, 0.29) is 12.3 Å². The largest absolute Gasteiger partial charge is 0.250 e. The number of hydrogen-bond acceptors (Lipinski definition) is 0. The molecule has 2 atom stereocenters. The van der Waals surface area contributed by atoms with Crippen molar-refractivity contribution in [1.29, 1.82) is 0 Å². The second kappa shape index (κ2) is 4.78. The third-order valence-corrected chi connectivity index (χ3v) is 2.65. The molecule has 0 aromatic carbocycles. The van der Waals surface area contributed by atoms with Gasteiger partial charge in [0.2, 0.25) is 0 Å². The Morgan fingerprint density at radius 2 is 1.58 bits per heavy atom. The minimum absolute atomic E-state index is 0.0402. The Hall–Kier alpha value is -0.140. The first-order valence-corrected chi connectivity index (χ1v) is 4.81. The topological polar surface area (TPSA) is 0 Å². The van der Waals surface area contributed by atoms with Gasteiger partial charge in [0.25, 0.3) is 5.92 Å². The van der Waals surface area contributed by atoms with Crippen LogP contribution in [0.1, 0.15) is 47.0 Å². The highest BCUT2D eigenvalue weighted by atomic mass is 19.3. The molecule has 2 heteroatoms. The molecule has 0 fully saturated rings. The SMILES string of the molecule is CCC(C)CC(F)(F)C(C)CC. The summed E-state index contributed by atoms with van der Waals surface area (Å²) in [5.74, 6) is -2.81. The first-order chi connectivity index (χ1) is 5.44. The maximum atomic E-state index is 13.3. The van der Waals surface area contributed by atoms with Crippen LogP contribution in [-0.2, 0) is 0 Å². The van der Waals surface area contributed by atoms with E-state index in [1.165, 1.54) is 0 Å². The van der Waals surface area contributed by atoms with E-state index in [4.69, 9.17) is 0 Å². The molecule has 0 nitrogen and oxygen atoms in total. The summed E-state index contributed by atoms with van der Waals surface area (Å²) in [5.41, 5.74) is 0. The Labute approximate surface area is 74.4 Å². The Bertz CT molecular complexity index is 121. The average molecular weight is 178 g/mol. The molecular formula is C10H20F2. The van der Waals surface area contributed by atoms with Crippen LogP contribution in [0.25, 0.3) is 0 Å². The molecule has 0 aliphatic carbocycles. The van der Waals surface area contributed by atoms with Crippen molar-refractivity contribution < 1.29 is 8.78 Å². The van der Waals surface area contributed by atoms with E-state index in [1.807, 2.05) is 20.8 Å². The van der Waals surface area contributed by atoms with Crippen molar-refractivity contribution in [1.82, 2.24) is 0 Å². The molecule has 0 saturated heterocycles. The summed E-state index contributed by atoms with van der Waals surface area (Å²) in [6, 6.07) is 0. The van der Waals surface area contributed by atoms with Gasteiger partial charge in [-0.15, -0.1) is 0 Å². The molecule has 0 amide bonds. The van der Waals surface area contributed by atoms with Gasteiger partial charge in [-0.2, -0.15) is 0 Å². The van der Waals surface area contributed by atoms with Gasteiger partial charge < -0.3 is 0 Å². The van der Waals surface area contributed by atoms with Crippen molar-refractivity contribution in [3.8, 4) is 0 Å². The van der Waals surface area contributed by atoms with Crippen LogP contribution in [0.2, 0.25) is 0 Å². The molecule has 0 aromatic heterocycles. The van der Waals surface area contributed by atoms with Gasteiger partial charge in [-0.05, 0) is 12.3 Å². The lowest BCUT2D eigenvalue weighted by molar-refractivity contribution is -0.0709. The van der Waals surface area contributed by atoms with Crippen molar-refractivity contribution in [2.24, 2.45) is 11.8 Å². The van der Waals surface area contributed by atoms with Crippen LogP contribution in [0.15, 0.2) is 0 Å². The monoisotopic (exact) mass is 178 g/mol. The van der Waals surface area contributed by atoms with Crippen LogP contribution >= 0.6 is 0 Å². The zero-order valence-corrected chi connectivity index (χ0v) is 8.53. The lowest BCUT2D eigenvalue weighted by atomic mass is 9.91. The third-order valence-electron chi connectivity index (χ3n) is 2.65. The molecule has 0 aromatic rings. The van der Waals surface area contributed by atoms with Gasteiger partial charge in [0, 0.05) is 12.3 Å². The summed E-state index contributed by atoms with van der Waals surface area (Å²) in [6.07, 6.45) is 1.44. The van der Waals surface area contributed by atoms with Crippen molar-refractivity contribution in [3.63, 3.8) is 0 Å². The number of halogens is 2. The van der Waals surface area contributed by atoms with E-state index in [1.54, 1.807) is 6.92 Å². The van der Waals surface area contributed by atoms with Gasteiger partial charge >= 0.3 is 0 Å². The minimum Gasteiger partial charge on any atom is -0.207 e. The van der Waals surface area contributed by atoms with Gasteiger partial charge in [0.1, 0.15) is 0 Å². The maximum absolute atomic E-state index is 13.3. The summed E-state index contributed by atoms with van der Waals surface area (Å²) >= 11 is 0. The Morgan fingerprint density at radius 1 is 1.08 bits per heavy atom. The average Bonchev–Trinajstić information content (AvgIpc) is 2.02. The van der Waals surface area contributed by atoms with E-state index in [0.29, 0.717) is 6.42 Å². The van der Waals surface area contributed by atoms with E-state index < -0.39 is 11.8 Å². The molecule has 74 valence electrons. The first kappa shape index (κ1) is 11.9. The Balaban J connectivity index is 4.02. The lowest BCUT2D eigenvalue weighted by Crippen LogP contribution is -2.27. The van der Waals surface area contributed by atoms with Crippen molar-refractivity contribution in [2.45, 2.75) is 52.9 Å². The number of rotatable bonds is 5.